The first-order valence-corrected chi connectivity index (χ1v) is 10.8. The van der Waals surface area contributed by atoms with Gasteiger partial charge in [-0.15, -0.1) is 5.10 Å². The zero-order valence-corrected chi connectivity index (χ0v) is 18.3. The van der Waals surface area contributed by atoms with Gasteiger partial charge in [0.2, 0.25) is 0 Å². The Balaban J connectivity index is 1.46. The van der Waals surface area contributed by atoms with Crippen molar-refractivity contribution in [3.63, 3.8) is 0 Å². The van der Waals surface area contributed by atoms with Gasteiger partial charge < -0.3 is 14.0 Å². The number of methoxy groups -OCH3 is 1. The molecule has 8 heteroatoms. The summed E-state index contributed by atoms with van der Waals surface area (Å²) in [6.07, 6.45) is 2.86. The molecule has 4 heterocycles. The van der Waals surface area contributed by atoms with Crippen molar-refractivity contribution in [2.24, 2.45) is 0 Å². The van der Waals surface area contributed by atoms with Crippen molar-refractivity contribution >= 4 is 16.7 Å². The molecule has 0 bridgehead atoms. The van der Waals surface area contributed by atoms with E-state index in [9.17, 15) is 0 Å². The highest BCUT2D eigenvalue weighted by molar-refractivity contribution is 5.94. The summed E-state index contributed by atoms with van der Waals surface area (Å²) in [5, 5.41) is 5.75. The number of benzene rings is 1. The van der Waals surface area contributed by atoms with E-state index >= 15 is 0 Å². The molecule has 5 rings (SSSR count). The lowest BCUT2D eigenvalue weighted by Gasteiger charge is -2.26. The van der Waals surface area contributed by atoms with Crippen LogP contribution >= 0.6 is 0 Å². The van der Waals surface area contributed by atoms with Crippen LogP contribution in [0.5, 0.6) is 5.75 Å². The quantitative estimate of drug-likeness (QED) is 0.477. The van der Waals surface area contributed by atoms with E-state index in [1.807, 2.05) is 24.3 Å². The summed E-state index contributed by atoms with van der Waals surface area (Å²) in [6, 6.07) is 7.81. The highest BCUT2D eigenvalue weighted by Crippen LogP contribution is 2.28. The number of nitrogens with zero attached hydrogens (tertiary/aromatic N) is 6. The molecule has 4 aromatic rings. The molecule has 0 N–H and O–H groups in total. The highest BCUT2D eigenvalue weighted by atomic mass is 16.5. The Labute approximate surface area is 181 Å². The van der Waals surface area contributed by atoms with Crippen molar-refractivity contribution in [1.29, 1.82) is 0 Å². The van der Waals surface area contributed by atoms with E-state index in [0.29, 0.717) is 5.82 Å². The summed E-state index contributed by atoms with van der Waals surface area (Å²) in [5.74, 6) is 1.51. The fourth-order valence-electron chi connectivity index (χ4n) is 4.34. The predicted molar refractivity (Wildman–Crippen MR) is 120 cm³/mol. The van der Waals surface area contributed by atoms with Crippen LogP contribution in [-0.2, 0) is 11.3 Å². The van der Waals surface area contributed by atoms with Gasteiger partial charge in [0, 0.05) is 37.4 Å². The van der Waals surface area contributed by atoms with Gasteiger partial charge in [-0.2, -0.15) is 0 Å². The second-order valence-corrected chi connectivity index (χ2v) is 8.04. The molecule has 0 atom stereocenters. The minimum Gasteiger partial charge on any atom is -0.497 e. The molecule has 162 valence electrons. The van der Waals surface area contributed by atoms with Crippen LogP contribution in [0.15, 0.2) is 30.6 Å². The number of hydrogen-bond donors (Lipinski definition) is 0. The molecule has 0 saturated carbocycles. The molecule has 0 aliphatic carbocycles. The Morgan fingerprint density at radius 2 is 1.81 bits per heavy atom. The minimum atomic E-state index is 0.689. The van der Waals surface area contributed by atoms with Crippen molar-refractivity contribution < 1.29 is 9.47 Å². The molecule has 1 aliphatic heterocycles. The summed E-state index contributed by atoms with van der Waals surface area (Å²) >= 11 is 0. The molecular formula is C23H28N6O2. The van der Waals surface area contributed by atoms with Crippen LogP contribution in [0.1, 0.15) is 17.7 Å². The van der Waals surface area contributed by atoms with Gasteiger partial charge in [-0.3, -0.25) is 4.90 Å². The first-order chi connectivity index (χ1) is 15.2. The number of ether oxygens (including phenoxy) is 2. The summed E-state index contributed by atoms with van der Waals surface area (Å²) in [4.78, 5) is 12.1. The largest absolute Gasteiger partial charge is 0.497 e. The summed E-state index contributed by atoms with van der Waals surface area (Å²) < 4.78 is 14.8. The third-order valence-corrected chi connectivity index (χ3v) is 6.25. The Hall–Kier alpha value is -2.97. The molecule has 8 nitrogen and oxygen atoms in total. The average Bonchev–Trinajstić information content (AvgIpc) is 3.35. The number of aryl methyl sites for hydroxylation is 2. The maximum absolute atomic E-state index is 5.45. The molecule has 3 aromatic heterocycles. The molecule has 31 heavy (non-hydrogen) atoms. The first-order valence-electron chi connectivity index (χ1n) is 10.8. The van der Waals surface area contributed by atoms with Crippen LogP contribution in [0.4, 0.5) is 0 Å². The van der Waals surface area contributed by atoms with Crippen molar-refractivity contribution in [3.05, 3.63) is 41.9 Å². The maximum atomic E-state index is 5.45. The van der Waals surface area contributed by atoms with E-state index in [2.05, 4.69) is 28.4 Å². The Morgan fingerprint density at radius 1 is 1.03 bits per heavy atom. The molecular weight excluding hydrogens is 392 g/mol. The van der Waals surface area contributed by atoms with Crippen molar-refractivity contribution in [3.8, 4) is 17.1 Å². The number of hydrogen-bond acceptors (Lipinski definition) is 6. The molecule has 0 unspecified atom stereocenters. The third-order valence-electron chi connectivity index (χ3n) is 6.25. The van der Waals surface area contributed by atoms with Gasteiger partial charge in [-0.25, -0.2) is 14.5 Å². The molecule has 0 radical (unpaired) electrons. The van der Waals surface area contributed by atoms with Crippen LogP contribution in [0.25, 0.3) is 28.1 Å². The standard InChI is InChI=1S/C23H28N6O2/c1-16-17(2)28(10-4-9-27-11-13-31-14-12-27)22-20(16)23-25-21(26-29(23)15-24-22)18-5-7-19(30-3)8-6-18/h5-8,15H,4,9-14H2,1-3H3. The fraction of sp³-hybridized carbons (Fsp3) is 0.435. The summed E-state index contributed by atoms with van der Waals surface area (Å²) in [7, 11) is 1.66. The maximum Gasteiger partial charge on any atom is 0.182 e. The lowest BCUT2D eigenvalue weighted by atomic mass is 10.2. The van der Waals surface area contributed by atoms with Gasteiger partial charge in [0.25, 0.3) is 0 Å². The van der Waals surface area contributed by atoms with Crippen LogP contribution in [-0.4, -0.2) is 69.0 Å². The van der Waals surface area contributed by atoms with E-state index in [4.69, 9.17) is 19.4 Å². The van der Waals surface area contributed by atoms with Crippen LogP contribution in [0, 0.1) is 13.8 Å². The molecule has 0 amide bonds. The second kappa shape index (κ2) is 8.28. The Bertz CT molecular complexity index is 1200. The van der Waals surface area contributed by atoms with E-state index in [1.54, 1.807) is 18.0 Å². The van der Waals surface area contributed by atoms with Crippen LogP contribution in [0.2, 0.25) is 0 Å². The zero-order chi connectivity index (χ0) is 21.4. The third kappa shape index (κ3) is 3.66. The fourth-order valence-corrected chi connectivity index (χ4v) is 4.34. The number of fused-ring (bicyclic) bond motifs is 3. The topological polar surface area (TPSA) is 69.7 Å². The molecule has 1 saturated heterocycles. The van der Waals surface area contributed by atoms with Gasteiger partial charge in [0.05, 0.1) is 25.7 Å². The highest BCUT2D eigenvalue weighted by Gasteiger charge is 2.19. The summed E-state index contributed by atoms with van der Waals surface area (Å²) in [6.45, 7) is 10.1. The van der Waals surface area contributed by atoms with E-state index in [0.717, 1.165) is 73.8 Å². The molecule has 1 aliphatic rings. The van der Waals surface area contributed by atoms with Crippen molar-refractivity contribution in [2.75, 3.05) is 40.0 Å². The number of morpholine rings is 1. The lowest BCUT2D eigenvalue weighted by molar-refractivity contribution is 0.0369. The van der Waals surface area contributed by atoms with E-state index in [-0.39, 0.29) is 0 Å². The Kier molecular flexibility index (Phi) is 5.33. The molecule has 1 fully saturated rings. The van der Waals surface area contributed by atoms with Crippen LogP contribution < -0.4 is 4.74 Å². The minimum absolute atomic E-state index is 0.689. The molecule has 0 spiro atoms. The number of rotatable bonds is 6. The van der Waals surface area contributed by atoms with Gasteiger partial charge in [-0.1, -0.05) is 0 Å². The average molecular weight is 421 g/mol. The van der Waals surface area contributed by atoms with Gasteiger partial charge >= 0.3 is 0 Å². The smallest absolute Gasteiger partial charge is 0.182 e. The van der Waals surface area contributed by atoms with Gasteiger partial charge in [0.1, 0.15) is 17.7 Å². The summed E-state index contributed by atoms with van der Waals surface area (Å²) in [5.41, 5.74) is 5.25. The molecule has 1 aromatic carbocycles. The predicted octanol–water partition coefficient (Wildman–Crippen LogP) is 3.09. The monoisotopic (exact) mass is 420 g/mol. The van der Waals surface area contributed by atoms with E-state index in [1.165, 1.54) is 11.3 Å². The SMILES string of the molecule is COc1ccc(-c2nc3c4c(C)c(C)n(CCCN5CCOCC5)c4ncn3n2)cc1. The first kappa shape index (κ1) is 20.0. The van der Waals surface area contributed by atoms with Gasteiger partial charge in [-0.05, 0) is 50.1 Å². The van der Waals surface area contributed by atoms with E-state index < -0.39 is 0 Å². The normalized spacial score (nSPS) is 15.2. The van der Waals surface area contributed by atoms with Crippen molar-refractivity contribution in [1.82, 2.24) is 29.0 Å². The Morgan fingerprint density at radius 3 is 2.55 bits per heavy atom. The van der Waals surface area contributed by atoms with Gasteiger partial charge in [0.15, 0.2) is 11.5 Å². The lowest BCUT2D eigenvalue weighted by Crippen LogP contribution is -2.37. The zero-order valence-electron chi connectivity index (χ0n) is 18.3. The number of aromatic nitrogens is 5. The van der Waals surface area contributed by atoms with Crippen molar-refractivity contribution in [2.45, 2.75) is 26.8 Å². The van der Waals surface area contributed by atoms with Crippen LogP contribution in [0.3, 0.4) is 0 Å². The second-order valence-electron chi connectivity index (χ2n) is 8.04.